The zero-order valence-corrected chi connectivity index (χ0v) is 24.0. The maximum atomic E-state index is 13.8. The number of benzene rings is 2. The van der Waals surface area contributed by atoms with E-state index in [1.165, 1.54) is 4.90 Å². The summed E-state index contributed by atoms with van der Waals surface area (Å²) in [5.41, 5.74) is 30.3. The van der Waals surface area contributed by atoms with E-state index < -0.39 is 35.7 Å². The zero-order valence-electron chi connectivity index (χ0n) is 24.0. The number of primary amides is 1. The molecule has 2 aromatic carbocycles. The Morgan fingerprint density at radius 3 is 2.12 bits per heavy atom. The van der Waals surface area contributed by atoms with Crippen molar-refractivity contribution in [3.63, 3.8) is 0 Å². The number of unbranched alkanes of at least 4 members (excludes halogenated alkanes) is 2. The Labute approximate surface area is 247 Å². The number of carbonyl (C=O) groups is 4. The van der Waals surface area contributed by atoms with Crippen LogP contribution in [0.4, 0.5) is 0 Å². The second kappa shape index (κ2) is 18.2. The van der Waals surface area contributed by atoms with Crippen molar-refractivity contribution in [1.29, 1.82) is 0 Å². The van der Waals surface area contributed by atoms with Gasteiger partial charge in [0.15, 0.2) is 5.96 Å². The van der Waals surface area contributed by atoms with E-state index >= 15 is 0 Å². The molecule has 0 aromatic heterocycles. The molecule has 0 spiro atoms. The van der Waals surface area contributed by atoms with Gasteiger partial charge in [0, 0.05) is 19.5 Å². The normalized spacial score (nSPS) is 12.1. The van der Waals surface area contributed by atoms with Crippen LogP contribution in [0.3, 0.4) is 0 Å². The molecule has 0 saturated carbocycles. The first kappa shape index (κ1) is 33.9. The second-order valence-electron chi connectivity index (χ2n) is 10.1. The first-order valence-electron chi connectivity index (χ1n) is 14.2. The van der Waals surface area contributed by atoms with Crippen molar-refractivity contribution >= 4 is 29.6 Å². The lowest BCUT2D eigenvalue weighted by Gasteiger charge is -2.27. The van der Waals surface area contributed by atoms with Crippen molar-refractivity contribution in [1.82, 2.24) is 10.2 Å². The van der Waals surface area contributed by atoms with Crippen LogP contribution in [-0.4, -0.2) is 66.2 Å². The molecule has 0 bridgehead atoms. The highest BCUT2D eigenvalue weighted by Gasteiger charge is 2.30. The van der Waals surface area contributed by atoms with Crippen LogP contribution in [0.2, 0.25) is 0 Å². The molecule has 0 unspecified atom stereocenters. The maximum absolute atomic E-state index is 13.8. The van der Waals surface area contributed by atoms with Gasteiger partial charge in [0.25, 0.3) is 5.91 Å². The van der Waals surface area contributed by atoms with Crippen molar-refractivity contribution in [2.24, 2.45) is 33.7 Å². The van der Waals surface area contributed by atoms with Crippen molar-refractivity contribution in [2.45, 2.75) is 63.5 Å². The van der Waals surface area contributed by atoms with E-state index in [0.29, 0.717) is 38.8 Å². The quantitative estimate of drug-likeness (QED) is 0.0825. The summed E-state index contributed by atoms with van der Waals surface area (Å²) in [5, 5.41) is 2.69. The van der Waals surface area contributed by atoms with Crippen molar-refractivity contribution in [3.8, 4) is 11.1 Å². The van der Waals surface area contributed by atoms with E-state index in [-0.39, 0.29) is 38.2 Å². The molecule has 228 valence electrons. The fraction of sp³-hybridized carbons (Fsp3) is 0.433. The molecule has 0 heterocycles. The molecule has 2 atom stereocenters. The summed E-state index contributed by atoms with van der Waals surface area (Å²) in [6, 6.07) is 15.4. The first-order valence-corrected chi connectivity index (χ1v) is 14.2. The standard InChI is InChI=1S/C30H44N8O4/c31-17-5-4-10-25(37-28(41)24(32)15-16-26(33)39)29(42)38(19-7-6-18-36-30(34)35)27(40)20-21-11-13-23(14-12-21)22-8-2-1-3-9-22/h1-3,8-9,11-14,24-25H,4-7,10,15-20,31-32H2,(H2,33,39)(H,37,41)(H4,34,35,36)/t24-,25-/m0/s1. The molecule has 42 heavy (non-hydrogen) atoms. The number of hydrogen-bond acceptors (Lipinski definition) is 7. The molecule has 4 amide bonds. The molecule has 0 saturated heterocycles. The monoisotopic (exact) mass is 580 g/mol. The van der Waals surface area contributed by atoms with E-state index in [1.54, 1.807) is 0 Å². The SMILES string of the molecule is NCCCC[C@H](NC(=O)[C@@H](N)CCC(N)=O)C(=O)N(CCCCN=C(N)N)C(=O)Cc1ccc(-c2ccccc2)cc1. The van der Waals surface area contributed by atoms with Gasteiger partial charge in [0.05, 0.1) is 12.5 Å². The molecule has 0 aliphatic heterocycles. The van der Waals surface area contributed by atoms with Crippen LogP contribution in [0.15, 0.2) is 59.6 Å². The maximum Gasteiger partial charge on any atom is 0.251 e. The minimum Gasteiger partial charge on any atom is -0.370 e. The predicted octanol–water partition coefficient (Wildman–Crippen LogP) is 0.512. The summed E-state index contributed by atoms with van der Waals surface area (Å²) in [6.45, 7) is 0.890. The number of guanidine groups is 1. The van der Waals surface area contributed by atoms with Crippen LogP contribution in [0, 0.1) is 0 Å². The minimum absolute atomic E-state index is 0.00367. The fourth-order valence-electron chi connectivity index (χ4n) is 4.31. The third-order valence-corrected chi connectivity index (χ3v) is 6.67. The highest BCUT2D eigenvalue weighted by Crippen LogP contribution is 2.20. The van der Waals surface area contributed by atoms with Gasteiger partial charge < -0.3 is 34.0 Å². The molecule has 0 fully saturated rings. The largest absolute Gasteiger partial charge is 0.370 e. The summed E-state index contributed by atoms with van der Waals surface area (Å²) < 4.78 is 0. The zero-order chi connectivity index (χ0) is 30.9. The Kier molecular flexibility index (Phi) is 14.7. The first-order chi connectivity index (χ1) is 20.1. The summed E-state index contributed by atoms with van der Waals surface area (Å²) in [4.78, 5) is 56.4. The highest BCUT2D eigenvalue weighted by molar-refractivity contribution is 6.00. The number of rotatable bonds is 18. The smallest absolute Gasteiger partial charge is 0.251 e. The minimum atomic E-state index is -1.03. The predicted molar refractivity (Wildman–Crippen MR) is 163 cm³/mol. The third-order valence-electron chi connectivity index (χ3n) is 6.67. The number of nitrogens with two attached hydrogens (primary N) is 5. The lowest BCUT2D eigenvalue weighted by atomic mass is 10.0. The average molecular weight is 581 g/mol. The Hall–Kier alpha value is -4.29. The van der Waals surface area contributed by atoms with Crippen LogP contribution in [0.5, 0.6) is 0 Å². The van der Waals surface area contributed by atoms with E-state index in [9.17, 15) is 19.2 Å². The Bertz CT molecular complexity index is 1180. The number of amides is 4. The molecule has 0 aliphatic rings. The Balaban J connectivity index is 2.22. The van der Waals surface area contributed by atoms with Crippen LogP contribution in [0.1, 0.15) is 50.5 Å². The summed E-state index contributed by atoms with van der Waals surface area (Å²) >= 11 is 0. The summed E-state index contributed by atoms with van der Waals surface area (Å²) in [6.07, 6.45) is 2.43. The van der Waals surface area contributed by atoms with Gasteiger partial charge in [-0.05, 0) is 61.8 Å². The molecule has 0 aliphatic carbocycles. The number of nitrogens with one attached hydrogen (secondary N) is 1. The van der Waals surface area contributed by atoms with E-state index in [0.717, 1.165) is 16.7 Å². The topological polar surface area (TPSA) is 226 Å². The van der Waals surface area contributed by atoms with Crippen LogP contribution in [-0.2, 0) is 25.6 Å². The Morgan fingerprint density at radius 1 is 0.833 bits per heavy atom. The fourth-order valence-corrected chi connectivity index (χ4v) is 4.31. The molecule has 11 N–H and O–H groups in total. The van der Waals surface area contributed by atoms with E-state index in [4.69, 9.17) is 28.7 Å². The van der Waals surface area contributed by atoms with Crippen LogP contribution < -0.4 is 34.0 Å². The highest BCUT2D eigenvalue weighted by atomic mass is 16.2. The lowest BCUT2D eigenvalue weighted by Crippen LogP contribution is -2.54. The summed E-state index contributed by atoms with van der Waals surface area (Å²) in [5.74, 6) is -2.14. The van der Waals surface area contributed by atoms with Crippen LogP contribution >= 0.6 is 0 Å². The number of hydrogen-bond donors (Lipinski definition) is 6. The van der Waals surface area contributed by atoms with Crippen molar-refractivity contribution in [2.75, 3.05) is 19.6 Å². The number of carbonyl (C=O) groups excluding carboxylic acids is 4. The molecular formula is C30H44N8O4. The van der Waals surface area contributed by atoms with Gasteiger partial charge in [0.2, 0.25) is 17.7 Å². The van der Waals surface area contributed by atoms with Gasteiger partial charge in [-0.25, -0.2) is 0 Å². The average Bonchev–Trinajstić information content (AvgIpc) is 2.97. The van der Waals surface area contributed by atoms with E-state index in [1.807, 2.05) is 54.6 Å². The van der Waals surface area contributed by atoms with Gasteiger partial charge >= 0.3 is 0 Å². The van der Waals surface area contributed by atoms with E-state index in [2.05, 4.69) is 10.3 Å². The molecule has 2 aromatic rings. The molecule has 12 heteroatoms. The Morgan fingerprint density at radius 2 is 1.50 bits per heavy atom. The molecule has 12 nitrogen and oxygen atoms in total. The molecular weight excluding hydrogens is 536 g/mol. The third kappa shape index (κ3) is 12.1. The number of imide groups is 1. The van der Waals surface area contributed by atoms with Gasteiger partial charge in [-0.1, -0.05) is 54.6 Å². The lowest BCUT2D eigenvalue weighted by molar-refractivity contribution is -0.147. The van der Waals surface area contributed by atoms with Crippen LogP contribution in [0.25, 0.3) is 11.1 Å². The second-order valence-corrected chi connectivity index (χ2v) is 10.1. The summed E-state index contributed by atoms with van der Waals surface area (Å²) in [7, 11) is 0. The number of nitrogens with zero attached hydrogens (tertiary/aromatic N) is 2. The van der Waals surface area contributed by atoms with Gasteiger partial charge in [-0.3, -0.25) is 29.1 Å². The molecule has 0 radical (unpaired) electrons. The molecule has 2 rings (SSSR count). The number of aliphatic imine (C=N–C) groups is 1. The van der Waals surface area contributed by atoms with Crippen molar-refractivity contribution < 1.29 is 19.2 Å². The van der Waals surface area contributed by atoms with Crippen molar-refractivity contribution in [3.05, 3.63) is 60.2 Å². The van der Waals surface area contributed by atoms with Gasteiger partial charge in [0.1, 0.15) is 6.04 Å². The van der Waals surface area contributed by atoms with Gasteiger partial charge in [-0.2, -0.15) is 0 Å². The van der Waals surface area contributed by atoms with Gasteiger partial charge in [-0.15, -0.1) is 0 Å².